The summed E-state index contributed by atoms with van der Waals surface area (Å²) in [5.74, 6) is 1.44. The van der Waals surface area contributed by atoms with E-state index in [4.69, 9.17) is 0 Å². The van der Waals surface area contributed by atoms with Crippen molar-refractivity contribution in [2.45, 2.75) is 51.2 Å². The number of likely N-dealkylation sites (tertiary alicyclic amines) is 1. The van der Waals surface area contributed by atoms with E-state index in [1.54, 1.807) is 7.05 Å². The average Bonchev–Trinajstić information content (AvgIpc) is 3.37. The molecule has 0 spiro atoms. The van der Waals surface area contributed by atoms with Gasteiger partial charge < -0.3 is 20.4 Å². The summed E-state index contributed by atoms with van der Waals surface area (Å²) in [6.07, 6.45) is 5.54. The maximum absolute atomic E-state index is 12.6. The Bertz CT molecular complexity index is 681. The predicted octanol–water partition coefficient (Wildman–Crippen LogP) is 2.20. The van der Waals surface area contributed by atoms with Crippen LogP contribution in [0.25, 0.3) is 0 Å². The third-order valence-corrected chi connectivity index (χ3v) is 5.82. The SMILES string of the molecule is CN=C(NCc1ccccc1CN(C)C)NC1CCN(C(=O)C2CCCC2)C1. The number of nitrogens with one attached hydrogen (secondary N) is 2. The number of amides is 1. The molecule has 1 amide bonds. The number of rotatable bonds is 6. The van der Waals surface area contributed by atoms with Gasteiger partial charge in [-0.3, -0.25) is 9.79 Å². The highest BCUT2D eigenvalue weighted by molar-refractivity contribution is 5.81. The number of hydrogen-bond acceptors (Lipinski definition) is 3. The summed E-state index contributed by atoms with van der Waals surface area (Å²) >= 11 is 0. The van der Waals surface area contributed by atoms with Crippen LogP contribution in [0, 0.1) is 5.92 Å². The molecule has 0 aromatic heterocycles. The zero-order valence-electron chi connectivity index (χ0n) is 17.6. The summed E-state index contributed by atoms with van der Waals surface area (Å²) in [6, 6.07) is 8.78. The van der Waals surface area contributed by atoms with Crippen LogP contribution in [-0.4, -0.2) is 61.9 Å². The molecule has 6 heteroatoms. The van der Waals surface area contributed by atoms with Gasteiger partial charge in [0, 0.05) is 45.2 Å². The van der Waals surface area contributed by atoms with E-state index in [2.05, 4.69) is 58.9 Å². The fourth-order valence-electron chi connectivity index (χ4n) is 4.30. The number of carbonyl (C=O) groups is 1. The number of hydrogen-bond donors (Lipinski definition) is 2. The van der Waals surface area contributed by atoms with E-state index in [0.717, 1.165) is 51.4 Å². The quantitative estimate of drug-likeness (QED) is 0.582. The van der Waals surface area contributed by atoms with Gasteiger partial charge in [-0.1, -0.05) is 37.1 Å². The van der Waals surface area contributed by atoms with Crippen LogP contribution in [0.4, 0.5) is 0 Å². The first-order valence-electron chi connectivity index (χ1n) is 10.5. The normalized spacial score (nSPS) is 20.8. The van der Waals surface area contributed by atoms with Crippen LogP contribution >= 0.6 is 0 Å². The molecule has 3 rings (SSSR count). The smallest absolute Gasteiger partial charge is 0.225 e. The molecule has 154 valence electrons. The summed E-state index contributed by atoms with van der Waals surface area (Å²) in [6.45, 7) is 3.30. The molecule has 1 atom stereocenters. The average molecular weight is 386 g/mol. The van der Waals surface area contributed by atoms with Gasteiger partial charge in [-0.15, -0.1) is 0 Å². The minimum atomic E-state index is 0.268. The van der Waals surface area contributed by atoms with Crippen LogP contribution < -0.4 is 10.6 Å². The van der Waals surface area contributed by atoms with Crippen molar-refractivity contribution in [1.29, 1.82) is 0 Å². The number of nitrogens with zero attached hydrogens (tertiary/aromatic N) is 3. The van der Waals surface area contributed by atoms with Crippen molar-refractivity contribution in [2.24, 2.45) is 10.9 Å². The van der Waals surface area contributed by atoms with E-state index < -0.39 is 0 Å². The Morgan fingerprint density at radius 1 is 1.18 bits per heavy atom. The highest BCUT2D eigenvalue weighted by Gasteiger charge is 2.32. The zero-order valence-corrected chi connectivity index (χ0v) is 17.6. The van der Waals surface area contributed by atoms with Crippen molar-refractivity contribution in [1.82, 2.24) is 20.4 Å². The summed E-state index contributed by atoms with van der Waals surface area (Å²) in [5.41, 5.74) is 2.60. The Labute approximate surface area is 169 Å². The molecule has 1 saturated heterocycles. The third-order valence-electron chi connectivity index (χ3n) is 5.82. The topological polar surface area (TPSA) is 60.0 Å². The van der Waals surface area contributed by atoms with Crippen molar-refractivity contribution < 1.29 is 4.79 Å². The highest BCUT2D eigenvalue weighted by atomic mass is 16.2. The van der Waals surface area contributed by atoms with Crippen LogP contribution in [0.2, 0.25) is 0 Å². The van der Waals surface area contributed by atoms with Gasteiger partial charge in [-0.2, -0.15) is 0 Å². The first-order valence-corrected chi connectivity index (χ1v) is 10.5. The molecule has 2 fully saturated rings. The summed E-state index contributed by atoms with van der Waals surface area (Å²) < 4.78 is 0. The van der Waals surface area contributed by atoms with Gasteiger partial charge in [0.05, 0.1) is 0 Å². The van der Waals surface area contributed by atoms with Crippen LogP contribution in [-0.2, 0) is 17.9 Å². The highest BCUT2D eigenvalue weighted by Crippen LogP contribution is 2.27. The zero-order chi connectivity index (χ0) is 19.9. The molecule has 1 saturated carbocycles. The second-order valence-corrected chi connectivity index (χ2v) is 8.33. The van der Waals surface area contributed by atoms with E-state index in [-0.39, 0.29) is 12.0 Å². The number of benzene rings is 1. The number of guanidine groups is 1. The van der Waals surface area contributed by atoms with E-state index in [1.807, 2.05) is 4.90 Å². The van der Waals surface area contributed by atoms with Crippen LogP contribution in [0.15, 0.2) is 29.3 Å². The van der Waals surface area contributed by atoms with Crippen LogP contribution in [0.5, 0.6) is 0 Å². The summed E-state index contributed by atoms with van der Waals surface area (Å²) in [7, 11) is 5.98. The molecular weight excluding hydrogens is 350 g/mol. The summed E-state index contributed by atoms with van der Waals surface area (Å²) in [4.78, 5) is 21.2. The van der Waals surface area contributed by atoms with Crippen molar-refractivity contribution in [3.8, 4) is 0 Å². The minimum Gasteiger partial charge on any atom is -0.352 e. The van der Waals surface area contributed by atoms with Gasteiger partial charge >= 0.3 is 0 Å². The fraction of sp³-hybridized carbons (Fsp3) is 0.636. The fourth-order valence-corrected chi connectivity index (χ4v) is 4.30. The first kappa shape index (κ1) is 20.6. The van der Waals surface area contributed by atoms with Gasteiger partial charge in [0.15, 0.2) is 5.96 Å². The second kappa shape index (κ2) is 9.92. The molecule has 28 heavy (non-hydrogen) atoms. The Balaban J connectivity index is 1.50. The molecule has 2 N–H and O–H groups in total. The van der Waals surface area contributed by atoms with Crippen molar-refractivity contribution >= 4 is 11.9 Å². The van der Waals surface area contributed by atoms with Gasteiger partial charge in [0.2, 0.25) is 5.91 Å². The molecule has 2 aliphatic rings. The maximum atomic E-state index is 12.6. The maximum Gasteiger partial charge on any atom is 0.225 e. The first-order chi connectivity index (χ1) is 13.6. The van der Waals surface area contributed by atoms with E-state index in [0.29, 0.717) is 5.91 Å². The number of aliphatic imine (C=N–C) groups is 1. The van der Waals surface area contributed by atoms with Crippen LogP contribution in [0.3, 0.4) is 0 Å². The molecule has 1 aliphatic carbocycles. The molecule has 6 nitrogen and oxygen atoms in total. The lowest BCUT2D eigenvalue weighted by atomic mass is 10.1. The standard InChI is InChI=1S/C22H35N5O/c1-23-22(24-14-18-10-6-7-11-19(18)15-26(2)3)25-20-12-13-27(16-20)21(28)17-8-4-5-9-17/h6-7,10-11,17,20H,4-5,8-9,12-16H2,1-3H3,(H2,23,24,25). The lowest BCUT2D eigenvalue weighted by Gasteiger charge is -2.22. The largest absolute Gasteiger partial charge is 0.352 e. The monoisotopic (exact) mass is 385 g/mol. The Kier molecular flexibility index (Phi) is 7.31. The Morgan fingerprint density at radius 2 is 1.89 bits per heavy atom. The third kappa shape index (κ3) is 5.47. The molecule has 0 bridgehead atoms. The molecule has 1 aliphatic heterocycles. The lowest BCUT2D eigenvalue weighted by molar-refractivity contribution is -0.134. The van der Waals surface area contributed by atoms with Crippen molar-refractivity contribution in [3.63, 3.8) is 0 Å². The van der Waals surface area contributed by atoms with E-state index in [9.17, 15) is 4.79 Å². The van der Waals surface area contributed by atoms with Crippen molar-refractivity contribution in [3.05, 3.63) is 35.4 Å². The molecule has 0 radical (unpaired) electrons. The van der Waals surface area contributed by atoms with Gasteiger partial charge in [0.25, 0.3) is 0 Å². The predicted molar refractivity (Wildman–Crippen MR) is 114 cm³/mol. The van der Waals surface area contributed by atoms with E-state index >= 15 is 0 Å². The second-order valence-electron chi connectivity index (χ2n) is 8.33. The van der Waals surface area contributed by atoms with E-state index in [1.165, 1.54) is 24.0 Å². The van der Waals surface area contributed by atoms with Gasteiger partial charge in [0.1, 0.15) is 0 Å². The number of carbonyl (C=O) groups excluding carboxylic acids is 1. The van der Waals surface area contributed by atoms with Crippen LogP contribution in [0.1, 0.15) is 43.2 Å². The van der Waals surface area contributed by atoms with Gasteiger partial charge in [-0.25, -0.2) is 0 Å². The molecule has 1 aromatic rings. The summed E-state index contributed by atoms with van der Waals surface area (Å²) in [5, 5.41) is 6.95. The molecule has 1 aromatic carbocycles. The molecular formula is C22H35N5O. The Hall–Kier alpha value is -2.08. The Morgan fingerprint density at radius 3 is 2.57 bits per heavy atom. The molecule has 1 heterocycles. The lowest BCUT2D eigenvalue weighted by Crippen LogP contribution is -2.45. The van der Waals surface area contributed by atoms with Crippen molar-refractivity contribution in [2.75, 3.05) is 34.2 Å². The molecule has 1 unspecified atom stereocenters. The minimum absolute atomic E-state index is 0.268. The van der Waals surface area contributed by atoms with Gasteiger partial charge in [-0.05, 0) is 44.5 Å².